The number of ether oxygens (including phenoxy) is 1. The fraction of sp³-hybridized carbons (Fsp3) is 0.654. The zero-order chi connectivity index (χ0) is 24.3. The van der Waals surface area contributed by atoms with E-state index in [1.54, 1.807) is 0 Å². The molecule has 1 unspecified atom stereocenters. The van der Waals surface area contributed by atoms with Gasteiger partial charge in [-0.2, -0.15) is 0 Å². The van der Waals surface area contributed by atoms with Gasteiger partial charge in [-0.15, -0.1) is 0 Å². The van der Waals surface area contributed by atoms with Crippen molar-refractivity contribution >= 4 is 28.7 Å². The number of amides is 2. The number of hydrogen-bond donors (Lipinski definition) is 2. The van der Waals surface area contributed by atoms with Gasteiger partial charge in [-0.1, -0.05) is 0 Å². The molecule has 2 N–H and O–H groups in total. The van der Waals surface area contributed by atoms with E-state index < -0.39 is 5.60 Å². The summed E-state index contributed by atoms with van der Waals surface area (Å²) in [5.74, 6) is 0.975. The molecule has 4 rings (SSSR count). The molecule has 0 spiro atoms. The fourth-order valence-corrected chi connectivity index (χ4v) is 5.15. The third-order valence-electron chi connectivity index (χ3n) is 6.86. The number of anilines is 1. The first-order valence-electron chi connectivity index (χ1n) is 12.6. The number of pyridine rings is 1. The smallest absolute Gasteiger partial charge is 0.410 e. The summed E-state index contributed by atoms with van der Waals surface area (Å²) in [6.07, 6.45) is 8.21. The zero-order valence-electron chi connectivity index (χ0n) is 21.0. The van der Waals surface area contributed by atoms with Gasteiger partial charge in [0.05, 0.1) is 5.52 Å². The Morgan fingerprint density at radius 2 is 2.00 bits per heavy atom. The number of carbonyl (C=O) groups is 2. The van der Waals surface area contributed by atoms with Crippen molar-refractivity contribution in [1.82, 2.24) is 19.8 Å². The molecule has 2 aliphatic rings. The Balaban J connectivity index is 1.24. The Hall–Kier alpha value is -2.61. The fourth-order valence-electron chi connectivity index (χ4n) is 5.15. The van der Waals surface area contributed by atoms with Crippen molar-refractivity contribution in [2.24, 2.45) is 5.92 Å². The third kappa shape index (κ3) is 6.29. The standard InChI is InChI=1S/C26H39N5O3/c1-26(2,3)34-25(33)31-13-6-9-18(17-31)8-5-11-24(32)29-23-15-20-19(16-27-23)14-21(28-20)22-10-7-12-30(22)4/h14-16,18,22,28H,5-13,17H2,1-4H3,(H,27,29,32)/t18?,22-/m1/s1. The van der Waals surface area contributed by atoms with E-state index >= 15 is 0 Å². The van der Waals surface area contributed by atoms with Gasteiger partial charge in [0.1, 0.15) is 11.4 Å². The van der Waals surface area contributed by atoms with E-state index in [0.29, 0.717) is 30.7 Å². The number of aromatic nitrogens is 2. The number of hydrogen-bond acceptors (Lipinski definition) is 5. The first kappa shape index (κ1) is 24.5. The summed E-state index contributed by atoms with van der Waals surface area (Å²) in [4.78, 5) is 37.0. The Bertz CT molecular complexity index is 1010. The van der Waals surface area contributed by atoms with Crippen molar-refractivity contribution in [1.29, 1.82) is 0 Å². The molecule has 8 heteroatoms. The average molecular weight is 470 g/mol. The van der Waals surface area contributed by atoms with Crippen molar-refractivity contribution in [2.75, 3.05) is 32.0 Å². The largest absolute Gasteiger partial charge is 0.444 e. The molecule has 0 saturated carbocycles. The molecule has 0 bridgehead atoms. The van der Waals surface area contributed by atoms with Gasteiger partial charge < -0.3 is 19.9 Å². The molecule has 4 heterocycles. The number of rotatable bonds is 6. The van der Waals surface area contributed by atoms with Crippen molar-refractivity contribution in [3.63, 3.8) is 0 Å². The van der Waals surface area contributed by atoms with Crippen LogP contribution in [0.4, 0.5) is 10.6 Å². The van der Waals surface area contributed by atoms with Gasteiger partial charge >= 0.3 is 6.09 Å². The SMILES string of the molecule is CN1CCC[C@@H]1c1cc2cnc(NC(=O)CCCC3CCCN(C(=O)OC(C)(C)C)C3)cc2[nH]1. The topological polar surface area (TPSA) is 90.6 Å². The normalized spacial score (nSPS) is 21.7. The van der Waals surface area contributed by atoms with E-state index in [4.69, 9.17) is 4.74 Å². The van der Waals surface area contributed by atoms with E-state index in [1.807, 2.05) is 37.9 Å². The minimum atomic E-state index is -0.478. The molecule has 2 aliphatic heterocycles. The van der Waals surface area contributed by atoms with E-state index in [0.717, 1.165) is 56.1 Å². The molecule has 34 heavy (non-hydrogen) atoms. The third-order valence-corrected chi connectivity index (χ3v) is 6.86. The molecular weight excluding hydrogens is 430 g/mol. The molecule has 2 saturated heterocycles. The number of likely N-dealkylation sites (tertiary alicyclic amines) is 2. The van der Waals surface area contributed by atoms with Crippen LogP contribution in [-0.4, -0.2) is 64.1 Å². The van der Waals surface area contributed by atoms with Crippen LogP contribution in [0.3, 0.4) is 0 Å². The van der Waals surface area contributed by atoms with Gasteiger partial charge in [-0.05, 0) is 84.9 Å². The number of nitrogens with zero attached hydrogens (tertiary/aromatic N) is 3. The molecule has 0 aromatic carbocycles. The monoisotopic (exact) mass is 469 g/mol. The number of fused-ring (bicyclic) bond motifs is 1. The molecule has 186 valence electrons. The lowest BCUT2D eigenvalue weighted by atomic mass is 9.93. The maximum Gasteiger partial charge on any atom is 0.410 e. The summed E-state index contributed by atoms with van der Waals surface area (Å²) in [5.41, 5.74) is 1.74. The number of carbonyl (C=O) groups excluding carboxylic acids is 2. The summed E-state index contributed by atoms with van der Waals surface area (Å²) in [7, 11) is 2.16. The molecule has 0 radical (unpaired) electrons. The predicted octanol–water partition coefficient (Wildman–Crippen LogP) is 5.09. The highest BCUT2D eigenvalue weighted by Crippen LogP contribution is 2.32. The molecular formula is C26H39N5O3. The number of aromatic amines is 1. The van der Waals surface area contributed by atoms with Crippen molar-refractivity contribution in [3.8, 4) is 0 Å². The van der Waals surface area contributed by atoms with E-state index in [9.17, 15) is 9.59 Å². The van der Waals surface area contributed by atoms with Crippen LogP contribution in [-0.2, 0) is 9.53 Å². The number of piperidine rings is 1. The van der Waals surface area contributed by atoms with Crippen molar-refractivity contribution < 1.29 is 14.3 Å². The van der Waals surface area contributed by atoms with Crippen LogP contribution in [0, 0.1) is 5.92 Å². The lowest BCUT2D eigenvalue weighted by molar-refractivity contribution is -0.116. The van der Waals surface area contributed by atoms with Gasteiger partial charge in [0.25, 0.3) is 0 Å². The Morgan fingerprint density at radius 1 is 1.21 bits per heavy atom. The molecule has 8 nitrogen and oxygen atoms in total. The summed E-state index contributed by atoms with van der Waals surface area (Å²) in [6.45, 7) is 8.25. The molecule has 0 aliphatic carbocycles. The highest BCUT2D eigenvalue weighted by atomic mass is 16.6. The van der Waals surface area contributed by atoms with Crippen LogP contribution < -0.4 is 5.32 Å². The maximum absolute atomic E-state index is 12.5. The molecule has 2 aromatic heterocycles. The van der Waals surface area contributed by atoms with Crippen LogP contribution in [0.5, 0.6) is 0 Å². The van der Waals surface area contributed by atoms with Gasteiger partial charge in [-0.3, -0.25) is 9.69 Å². The minimum Gasteiger partial charge on any atom is -0.444 e. The highest BCUT2D eigenvalue weighted by molar-refractivity contribution is 5.92. The molecule has 2 atom stereocenters. The summed E-state index contributed by atoms with van der Waals surface area (Å²) in [6, 6.07) is 4.52. The van der Waals surface area contributed by atoms with Gasteiger partial charge in [0.15, 0.2) is 0 Å². The van der Waals surface area contributed by atoms with Crippen LogP contribution >= 0.6 is 0 Å². The highest BCUT2D eigenvalue weighted by Gasteiger charge is 2.27. The van der Waals surface area contributed by atoms with Crippen LogP contribution in [0.1, 0.15) is 77.5 Å². The molecule has 2 fully saturated rings. The Labute approximate surface area is 202 Å². The second kappa shape index (κ2) is 10.3. The van der Waals surface area contributed by atoms with E-state index in [-0.39, 0.29) is 12.0 Å². The average Bonchev–Trinajstić information content (AvgIpc) is 3.38. The second-order valence-corrected chi connectivity index (χ2v) is 10.9. The lowest BCUT2D eigenvalue weighted by Gasteiger charge is -2.34. The first-order valence-corrected chi connectivity index (χ1v) is 12.6. The van der Waals surface area contributed by atoms with Gasteiger partial charge in [0.2, 0.25) is 5.91 Å². The summed E-state index contributed by atoms with van der Waals surface area (Å²) in [5, 5.41) is 4.02. The summed E-state index contributed by atoms with van der Waals surface area (Å²) >= 11 is 0. The minimum absolute atomic E-state index is 0.0195. The number of H-pyrrole nitrogens is 1. The number of nitrogens with one attached hydrogen (secondary N) is 2. The lowest BCUT2D eigenvalue weighted by Crippen LogP contribution is -2.42. The van der Waals surface area contributed by atoms with E-state index in [2.05, 4.69) is 33.3 Å². The molecule has 2 amide bonds. The quantitative estimate of drug-likeness (QED) is 0.615. The van der Waals surface area contributed by atoms with Gasteiger partial charge in [-0.25, -0.2) is 9.78 Å². The predicted molar refractivity (Wildman–Crippen MR) is 134 cm³/mol. The van der Waals surface area contributed by atoms with Crippen molar-refractivity contribution in [3.05, 3.63) is 24.0 Å². The summed E-state index contributed by atoms with van der Waals surface area (Å²) < 4.78 is 5.51. The first-order chi connectivity index (χ1) is 16.2. The zero-order valence-corrected chi connectivity index (χ0v) is 21.0. The van der Waals surface area contributed by atoms with Crippen LogP contribution in [0.15, 0.2) is 18.3 Å². The van der Waals surface area contributed by atoms with Crippen LogP contribution in [0.2, 0.25) is 0 Å². The Kier molecular flexibility index (Phi) is 7.45. The van der Waals surface area contributed by atoms with Crippen molar-refractivity contribution in [2.45, 2.75) is 77.4 Å². The molecule has 2 aromatic rings. The second-order valence-electron chi connectivity index (χ2n) is 10.9. The Morgan fingerprint density at radius 3 is 2.74 bits per heavy atom. The maximum atomic E-state index is 12.5. The van der Waals surface area contributed by atoms with E-state index in [1.165, 1.54) is 12.1 Å². The van der Waals surface area contributed by atoms with Gasteiger partial charge in [0, 0.05) is 48.9 Å². The van der Waals surface area contributed by atoms with Crippen LogP contribution in [0.25, 0.3) is 10.9 Å².